The third kappa shape index (κ3) is 5.18. The van der Waals surface area contributed by atoms with Crippen LogP contribution < -0.4 is 15.0 Å². The Balaban J connectivity index is 1.27. The van der Waals surface area contributed by atoms with Gasteiger partial charge in [0.2, 0.25) is 5.91 Å². The van der Waals surface area contributed by atoms with E-state index in [9.17, 15) is 4.79 Å². The smallest absolute Gasteiger partial charge is 0.246 e. The van der Waals surface area contributed by atoms with E-state index < -0.39 is 11.4 Å². The van der Waals surface area contributed by atoms with E-state index in [2.05, 4.69) is 36.8 Å². The summed E-state index contributed by atoms with van der Waals surface area (Å²) in [6.07, 6.45) is 6.74. The highest BCUT2D eigenvalue weighted by atomic mass is 19.1. The molecule has 214 valence electrons. The lowest BCUT2D eigenvalue weighted by Crippen LogP contribution is -2.51. The highest BCUT2D eigenvalue weighted by Gasteiger charge is 2.34. The lowest BCUT2D eigenvalue weighted by Gasteiger charge is -2.38. The van der Waals surface area contributed by atoms with Crippen LogP contribution >= 0.6 is 0 Å². The largest absolute Gasteiger partial charge is 0.457 e. The number of nitrogens with one attached hydrogen (secondary N) is 1. The fourth-order valence-electron chi connectivity index (χ4n) is 5.25. The first-order chi connectivity index (χ1) is 20.2. The van der Waals surface area contributed by atoms with E-state index in [4.69, 9.17) is 9.72 Å². The number of rotatable bonds is 6. The molecule has 42 heavy (non-hydrogen) atoms. The van der Waals surface area contributed by atoms with Crippen LogP contribution in [0.25, 0.3) is 16.7 Å². The number of halogens is 1. The minimum Gasteiger partial charge on any atom is -0.457 e. The minimum atomic E-state index is -0.511. The Hall–Kier alpha value is -5.13. The predicted octanol–water partition coefficient (Wildman–Crippen LogP) is 5.05. The highest BCUT2D eigenvalue weighted by molar-refractivity contribution is 5.89. The second-order valence-electron chi connectivity index (χ2n) is 10.8. The summed E-state index contributed by atoms with van der Waals surface area (Å²) in [5.41, 5.74) is 2.27. The molecule has 0 bridgehead atoms. The molecule has 1 N–H and O–H groups in total. The van der Waals surface area contributed by atoms with Gasteiger partial charge in [-0.05, 0) is 63.1 Å². The van der Waals surface area contributed by atoms with Gasteiger partial charge in [-0.25, -0.2) is 28.8 Å². The number of ether oxygens (including phenoxy) is 1. The fourth-order valence-corrected chi connectivity index (χ4v) is 5.25. The molecule has 11 nitrogen and oxygen atoms in total. The van der Waals surface area contributed by atoms with Crippen molar-refractivity contribution < 1.29 is 13.9 Å². The average molecular weight is 568 g/mol. The van der Waals surface area contributed by atoms with Gasteiger partial charge in [0.25, 0.3) is 0 Å². The number of aromatic nitrogens is 6. The standard InChI is InChI=1S/C30H30FN9O2/c1-5-27(41)39-11-6-10-38(16-30(39,3)4)25-8-7-22-28(37-25)29(34-17-32-22)36-23-13-19(2)24(15-21(23)31)42-20-9-12-40-26(14-20)33-18-35-40/h5,7-9,12-15,17-18H,1,6,10-11,16H2,2-4H3,(H,32,34,36). The van der Waals surface area contributed by atoms with Crippen LogP contribution in [0.2, 0.25) is 0 Å². The Labute approximate surface area is 241 Å². The molecule has 0 spiro atoms. The topological polar surface area (TPSA) is 114 Å². The summed E-state index contributed by atoms with van der Waals surface area (Å²) in [5, 5.41) is 7.18. The first-order valence-electron chi connectivity index (χ1n) is 13.6. The molecule has 12 heteroatoms. The average Bonchev–Trinajstić information content (AvgIpc) is 3.38. The molecule has 5 aromatic rings. The molecular weight excluding hydrogens is 537 g/mol. The monoisotopic (exact) mass is 567 g/mol. The number of nitrogens with zero attached hydrogens (tertiary/aromatic N) is 8. The summed E-state index contributed by atoms with van der Waals surface area (Å²) < 4.78 is 22.9. The van der Waals surface area contributed by atoms with Crippen LogP contribution in [-0.2, 0) is 4.79 Å². The fraction of sp³-hybridized carbons (Fsp3) is 0.267. The molecule has 0 saturated carbocycles. The molecule has 0 atom stereocenters. The molecule has 1 aliphatic heterocycles. The number of hydrogen-bond donors (Lipinski definition) is 1. The maximum Gasteiger partial charge on any atom is 0.246 e. The van der Waals surface area contributed by atoms with E-state index in [0.717, 1.165) is 24.3 Å². The van der Waals surface area contributed by atoms with Gasteiger partial charge >= 0.3 is 0 Å². The van der Waals surface area contributed by atoms with Gasteiger partial charge in [0.05, 0.1) is 16.7 Å². The maximum absolute atomic E-state index is 15.4. The van der Waals surface area contributed by atoms with E-state index >= 15 is 4.39 Å². The van der Waals surface area contributed by atoms with Gasteiger partial charge in [-0.15, -0.1) is 0 Å². The third-order valence-electron chi connectivity index (χ3n) is 7.35. The zero-order valence-electron chi connectivity index (χ0n) is 23.6. The third-order valence-corrected chi connectivity index (χ3v) is 7.35. The number of pyridine rings is 2. The summed E-state index contributed by atoms with van der Waals surface area (Å²) in [7, 11) is 0. The van der Waals surface area contributed by atoms with Crippen molar-refractivity contribution in [1.29, 1.82) is 0 Å². The summed E-state index contributed by atoms with van der Waals surface area (Å²) in [6.45, 7) is 11.5. The highest BCUT2D eigenvalue weighted by Crippen LogP contribution is 2.33. The Bertz CT molecular complexity index is 1820. The Morgan fingerprint density at radius 2 is 1.98 bits per heavy atom. The van der Waals surface area contributed by atoms with E-state index in [-0.39, 0.29) is 11.6 Å². The van der Waals surface area contributed by atoms with E-state index in [1.165, 1.54) is 24.8 Å². The van der Waals surface area contributed by atoms with E-state index in [0.29, 0.717) is 47.1 Å². The normalized spacial score (nSPS) is 15.0. The van der Waals surface area contributed by atoms with Crippen LogP contribution in [0, 0.1) is 12.7 Å². The van der Waals surface area contributed by atoms with Gasteiger partial charge in [0, 0.05) is 38.0 Å². The first kappa shape index (κ1) is 27.1. The second kappa shape index (κ2) is 10.7. The lowest BCUT2D eigenvalue weighted by molar-refractivity contribution is -0.130. The van der Waals surface area contributed by atoms with Crippen LogP contribution in [0.3, 0.4) is 0 Å². The van der Waals surface area contributed by atoms with Crippen molar-refractivity contribution >= 4 is 39.9 Å². The van der Waals surface area contributed by atoms with Gasteiger partial charge in [0.15, 0.2) is 11.5 Å². The molecule has 1 amide bonds. The van der Waals surface area contributed by atoms with Crippen molar-refractivity contribution in [3.05, 3.63) is 79.3 Å². The molecule has 4 aromatic heterocycles. The van der Waals surface area contributed by atoms with Gasteiger partial charge in [0.1, 0.15) is 41.3 Å². The van der Waals surface area contributed by atoms with Crippen molar-refractivity contribution in [3.63, 3.8) is 0 Å². The van der Waals surface area contributed by atoms with Crippen molar-refractivity contribution in [1.82, 2.24) is 34.4 Å². The van der Waals surface area contributed by atoms with Crippen LogP contribution in [0.15, 0.2) is 67.9 Å². The minimum absolute atomic E-state index is 0.0849. The number of benzene rings is 1. The molecule has 5 heterocycles. The zero-order chi connectivity index (χ0) is 29.4. The molecule has 0 aliphatic carbocycles. The zero-order valence-corrected chi connectivity index (χ0v) is 23.6. The number of fused-ring (bicyclic) bond motifs is 2. The Kier molecular flexibility index (Phi) is 6.89. The second-order valence-corrected chi connectivity index (χ2v) is 10.8. The molecule has 1 aromatic carbocycles. The number of amides is 1. The quantitative estimate of drug-likeness (QED) is 0.282. The molecular formula is C30H30FN9O2. The molecule has 1 aliphatic rings. The number of aryl methyl sites for hydroxylation is 1. The summed E-state index contributed by atoms with van der Waals surface area (Å²) in [5.74, 6) is 1.41. The van der Waals surface area contributed by atoms with Gasteiger partial charge in [-0.2, -0.15) is 5.10 Å². The van der Waals surface area contributed by atoms with Crippen molar-refractivity contribution in [2.24, 2.45) is 0 Å². The van der Waals surface area contributed by atoms with E-state index in [1.807, 2.05) is 37.8 Å². The number of anilines is 3. The molecule has 6 rings (SSSR count). The molecule has 1 fully saturated rings. The predicted molar refractivity (Wildman–Crippen MR) is 158 cm³/mol. The van der Waals surface area contributed by atoms with Crippen LogP contribution in [0.5, 0.6) is 11.5 Å². The van der Waals surface area contributed by atoms with Gasteiger partial charge in [-0.1, -0.05) is 6.58 Å². The van der Waals surface area contributed by atoms with E-state index in [1.54, 1.807) is 28.9 Å². The van der Waals surface area contributed by atoms with Crippen molar-refractivity contribution in [2.75, 3.05) is 29.9 Å². The van der Waals surface area contributed by atoms with Gasteiger partial charge in [-0.3, -0.25) is 4.79 Å². The summed E-state index contributed by atoms with van der Waals surface area (Å²) in [4.78, 5) is 34.3. The van der Waals surface area contributed by atoms with Crippen molar-refractivity contribution in [3.8, 4) is 11.5 Å². The number of carbonyl (C=O) groups excluding carboxylic acids is 1. The lowest BCUT2D eigenvalue weighted by atomic mass is 10.0. The number of hydrogen-bond acceptors (Lipinski definition) is 9. The SMILES string of the molecule is C=CC(=O)N1CCCN(c2ccc3ncnc(Nc4cc(C)c(Oc5ccn6ncnc6c5)cc4F)c3n2)CC1(C)C. The van der Waals surface area contributed by atoms with Crippen LogP contribution in [-0.4, -0.2) is 65.5 Å². The summed E-state index contributed by atoms with van der Waals surface area (Å²) in [6, 6.07) is 10.3. The van der Waals surface area contributed by atoms with Gasteiger partial charge < -0.3 is 19.9 Å². The molecule has 1 saturated heterocycles. The van der Waals surface area contributed by atoms with Crippen LogP contribution in [0.4, 0.5) is 21.7 Å². The molecule has 0 unspecified atom stereocenters. The maximum atomic E-state index is 15.4. The Morgan fingerprint density at radius 1 is 1.12 bits per heavy atom. The first-order valence-corrected chi connectivity index (χ1v) is 13.6. The molecule has 0 radical (unpaired) electrons. The number of carbonyl (C=O) groups is 1. The summed E-state index contributed by atoms with van der Waals surface area (Å²) >= 11 is 0. The van der Waals surface area contributed by atoms with Crippen molar-refractivity contribution in [2.45, 2.75) is 32.7 Å². The van der Waals surface area contributed by atoms with Crippen LogP contribution in [0.1, 0.15) is 25.8 Å². The Morgan fingerprint density at radius 3 is 2.81 bits per heavy atom.